The highest BCUT2D eigenvalue weighted by atomic mass is 16.5. The van der Waals surface area contributed by atoms with Gasteiger partial charge in [0.15, 0.2) is 5.82 Å². The maximum absolute atomic E-state index is 6.15. The Bertz CT molecular complexity index is 620. The molecule has 0 radical (unpaired) electrons. The third-order valence-corrected chi connectivity index (χ3v) is 4.02. The second-order valence-corrected chi connectivity index (χ2v) is 5.79. The zero-order valence-electron chi connectivity index (χ0n) is 11.3. The number of rotatable bonds is 3. The summed E-state index contributed by atoms with van der Waals surface area (Å²) in [4.78, 5) is 6.75. The number of hydrogen-bond donors (Lipinski definition) is 1. The van der Waals surface area contributed by atoms with Gasteiger partial charge in [-0.1, -0.05) is 23.4 Å². The van der Waals surface area contributed by atoms with E-state index in [0.717, 1.165) is 18.8 Å². The highest BCUT2D eigenvalue weighted by Gasteiger charge is 2.29. The normalized spacial score (nSPS) is 21.9. The van der Waals surface area contributed by atoms with Crippen LogP contribution < -0.4 is 10.6 Å². The van der Waals surface area contributed by atoms with Crippen molar-refractivity contribution in [2.24, 2.45) is 5.73 Å². The molecular formula is C15H18N4O. The lowest BCUT2D eigenvalue weighted by atomic mass is 9.98. The van der Waals surface area contributed by atoms with Crippen LogP contribution in [-0.2, 0) is 13.0 Å². The Morgan fingerprint density at radius 1 is 1.30 bits per heavy atom. The zero-order valence-corrected chi connectivity index (χ0v) is 11.3. The summed E-state index contributed by atoms with van der Waals surface area (Å²) < 4.78 is 5.38. The van der Waals surface area contributed by atoms with E-state index in [2.05, 4.69) is 39.3 Å². The van der Waals surface area contributed by atoms with E-state index >= 15 is 0 Å². The summed E-state index contributed by atoms with van der Waals surface area (Å²) in [5, 5.41) is 4.07. The maximum atomic E-state index is 6.15. The first-order chi connectivity index (χ1) is 9.79. The standard InChI is InChI=1S/C15H18N4O/c16-12-7-11-3-1-2-4-13(11)19(8-12)9-14-17-15(18-20-14)10-5-6-10/h1-4,10,12H,5-9,16H2. The number of benzene rings is 1. The van der Waals surface area contributed by atoms with Gasteiger partial charge in [0.1, 0.15) is 0 Å². The lowest BCUT2D eigenvalue weighted by Crippen LogP contribution is -2.42. The van der Waals surface area contributed by atoms with Crippen molar-refractivity contribution in [3.05, 3.63) is 41.5 Å². The Kier molecular flexibility index (Phi) is 2.73. The fraction of sp³-hybridized carbons (Fsp3) is 0.467. The molecule has 0 saturated heterocycles. The predicted molar refractivity (Wildman–Crippen MR) is 75.4 cm³/mol. The van der Waals surface area contributed by atoms with E-state index in [1.165, 1.54) is 24.1 Å². The van der Waals surface area contributed by atoms with E-state index in [1.807, 2.05) is 0 Å². The molecule has 1 saturated carbocycles. The smallest absolute Gasteiger partial charge is 0.246 e. The Balaban J connectivity index is 1.58. The number of nitrogens with zero attached hydrogens (tertiary/aromatic N) is 3. The first-order valence-corrected chi connectivity index (χ1v) is 7.20. The van der Waals surface area contributed by atoms with Crippen molar-refractivity contribution in [3.8, 4) is 0 Å². The van der Waals surface area contributed by atoms with Gasteiger partial charge in [0.25, 0.3) is 0 Å². The number of hydrogen-bond acceptors (Lipinski definition) is 5. The van der Waals surface area contributed by atoms with E-state index in [-0.39, 0.29) is 6.04 Å². The van der Waals surface area contributed by atoms with Crippen molar-refractivity contribution in [1.82, 2.24) is 10.1 Å². The lowest BCUT2D eigenvalue weighted by molar-refractivity contribution is 0.368. The first kappa shape index (κ1) is 11.9. The molecule has 0 amide bonds. The van der Waals surface area contributed by atoms with Gasteiger partial charge in [-0.05, 0) is 30.9 Å². The molecule has 1 aliphatic heterocycles. The summed E-state index contributed by atoms with van der Waals surface area (Å²) in [6, 6.07) is 8.57. The second-order valence-electron chi connectivity index (χ2n) is 5.79. The molecule has 2 heterocycles. The Morgan fingerprint density at radius 2 is 2.15 bits per heavy atom. The Labute approximate surface area is 117 Å². The SMILES string of the molecule is NC1Cc2ccccc2N(Cc2nc(C3CC3)no2)C1. The summed E-state index contributed by atoms with van der Waals surface area (Å²) >= 11 is 0. The minimum atomic E-state index is 0.163. The number of fused-ring (bicyclic) bond motifs is 1. The molecule has 1 fully saturated rings. The van der Waals surface area contributed by atoms with Crippen LogP contribution in [0.5, 0.6) is 0 Å². The molecule has 1 aromatic carbocycles. The molecule has 5 nitrogen and oxygen atoms in total. The van der Waals surface area contributed by atoms with Gasteiger partial charge in [-0.15, -0.1) is 0 Å². The summed E-state index contributed by atoms with van der Waals surface area (Å²) in [5.74, 6) is 2.09. The van der Waals surface area contributed by atoms with Crippen LogP contribution >= 0.6 is 0 Å². The predicted octanol–water partition coefficient (Wildman–Crippen LogP) is 1.84. The van der Waals surface area contributed by atoms with Crippen LogP contribution in [0.1, 0.15) is 36.0 Å². The second kappa shape index (κ2) is 4.59. The number of aromatic nitrogens is 2. The average molecular weight is 270 g/mol. The van der Waals surface area contributed by atoms with Gasteiger partial charge in [-0.2, -0.15) is 4.98 Å². The summed E-state index contributed by atoms with van der Waals surface area (Å²) in [6.07, 6.45) is 3.32. The van der Waals surface area contributed by atoms with Crippen molar-refractivity contribution < 1.29 is 4.52 Å². The van der Waals surface area contributed by atoms with Gasteiger partial charge in [-0.25, -0.2) is 0 Å². The zero-order chi connectivity index (χ0) is 13.5. The largest absolute Gasteiger partial charge is 0.360 e. The van der Waals surface area contributed by atoms with Crippen molar-refractivity contribution in [2.45, 2.75) is 37.8 Å². The minimum Gasteiger partial charge on any atom is -0.360 e. The maximum Gasteiger partial charge on any atom is 0.246 e. The van der Waals surface area contributed by atoms with Gasteiger partial charge in [0.2, 0.25) is 5.89 Å². The summed E-state index contributed by atoms with van der Waals surface area (Å²) in [7, 11) is 0. The lowest BCUT2D eigenvalue weighted by Gasteiger charge is -2.33. The molecule has 1 aromatic heterocycles. The third kappa shape index (κ3) is 2.18. The minimum absolute atomic E-state index is 0.163. The van der Waals surface area contributed by atoms with E-state index in [9.17, 15) is 0 Å². The van der Waals surface area contributed by atoms with Gasteiger partial charge in [0, 0.05) is 24.2 Å². The molecule has 0 spiro atoms. The van der Waals surface area contributed by atoms with Gasteiger partial charge >= 0.3 is 0 Å². The third-order valence-electron chi connectivity index (χ3n) is 4.02. The number of anilines is 1. The van der Waals surface area contributed by atoms with E-state index in [0.29, 0.717) is 18.4 Å². The molecule has 2 aromatic rings. The fourth-order valence-corrected chi connectivity index (χ4v) is 2.87. The highest BCUT2D eigenvalue weighted by molar-refractivity contribution is 5.56. The topological polar surface area (TPSA) is 68.2 Å². The number of para-hydroxylation sites is 1. The molecule has 1 aliphatic carbocycles. The van der Waals surface area contributed by atoms with E-state index < -0.39 is 0 Å². The van der Waals surface area contributed by atoms with Crippen LogP contribution in [0.2, 0.25) is 0 Å². The van der Waals surface area contributed by atoms with Crippen LogP contribution in [0, 0.1) is 0 Å². The van der Waals surface area contributed by atoms with Crippen LogP contribution in [-0.4, -0.2) is 22.7 Å². The van der Waals surface area contributed by atoms with Crippen molar-refractivity contribution in [1.29, 1.82) is 0 Å². The number of nitrogens with two attached hydrogens (primary N) is 1. The average Bonchev–Trinajstić information content (AvgIpc) is 3.19. The molecule has 104 valence electrons. The molecular weight excluding hydrogens is 252 g/mol. The molecule has 1 unspecified atom stereocenters. The Morgan fingerprint density at radius 3 is 3.00 bits per heavy atom. The molecule has 1 atom stereocenters. The molecule has 2 aliphatic rings. The molecule has 4 rings (SSSR count). The van der Waals surface area contributed by atoms with E-state index in [1.54, 1.807) is 0 Å². The van der Waals surface area contributed by atoms with Crippen molar-refractivity contribution in [2.75, 3.05) is 11.4 Å². The van der Waals surface area contributed by atoms with Gasteiger partial charge in [-0.3, -0.25) is 0 Å². The van der Waals surface area contributed by atoms with Gasteiger partial charge < -0.3 is 15.2 Å². The fourth-order valence-electron chi connectivity index (χ4n) is 2.87. The van der Waals surface area contributed by atoms with Crippen molar-refractivity contribution >= 4 is 5.69 Å². The monoisotopic (exact) mass is 270 g/mol. The van der Waals surface area contributed by atoms with E-state index in [4.69, 9.17) is 10.3 Å². The quantitative estimate of drug-likeness (QED) is 0.921. The van der Waals surface area contributed by atoms with Crippen LogP contribution in [0.15, 0.2) is 28.8 Å². The molecule has 0 bridgehead atoms. The van der Waals surface area contributed by atoms with Gasteiger partial charge in [0.05, 0.1) is 6.54 Å². The summed E-state index contributed by atoms with van der Waals surface area (Å²) in [5.41, 5.74) is 8.68. The van der Waals surface area contributed by atoms with Crippen LogP contribution in [0.4, 0.5) is 5.69 Å². The molecule has 5 heteroatoms. The first-order valence-electron chi connectivity index (χ1n) is 7.20. The summed E-state index contributed by atoms with van der Waals surface area (Å²) in [6.45, 7) is 1.47. The van der Waals surface area contributed by atoms with Crippen molar-refractivity contribution in [3.63, 3.8) is 0 Å². The van der Waals surface area contributed by atoms with Crippen LogP contribution in [0.3, 0.4) is 0 Å². The Hall–Kier alpha value is -1.88. The molecule has 2 N–H and O–H groups in total. The van der Waals surface area contributed by atoms with Crippen LogP contribution in [0.25, 0.3) is 0 Å². The highest BCUT2D eigenvalue weighted by Crippen LogP contribution is 2.38. The molecule has 20 heavy (non-hydrogen) atoms.